The zero-order valence-corrected chi connectivity index (χ0v) is 21.3. The molecule has 0 saturated heterocycles. The van der Waals surface area contributed by atoms with Crippen LogP contribution in [0.2, 0.25) is 0 Å². The monoisotopic (exact) mass is 550 g/mol. The fraction of sp³-hybridized carbons (Fsp3) is 0.348. The third-order valence-electron chi connectivity index (χ3n) is 4.91. The molecule has 1 heterocycles. The van der Waals surface area contributed by atoms with Gasteiger partial charge in [0.05, 0.1) is 20.8 Å². The molecule has 0 fully saturated rings. The van der Waals surface area contributed by atoms with Gasteiger partial charge in [-0.2, -0.15) is 5.10 Å². The van der Waals surface area contributed by atoms with Crippen molar-refractivity contribution in [3.8, 4) is 22.9 Å². The second kappa shape index (κ2) is 12.9. The van der Waals surface area contributed by atoms with E-state index in [9.17, 15) is 0 Å². The van der Waals surface area contributed by atoms with Crippen LogP contribution in [0.25, 0.3) is 11.4 Å². The number of methoxy groups -OCH3 is 2. The first-order valence-electron chi connectivity index (χ1n) is 10.3. The first-order valence-corrected chi connectivity index (χ1v) is 10.3. The summed E-state index contributed by atoms with van der Waals surface area (Å²) < 4.78 is 10.7. The number of rotatable bonds is 9. The lowest BCUT2D eigenvalue weighted by Gasteiger charge is -2.22. The molecule has 0 amide bonds. The standard InChI is InChI=1S/C23H30N6O2.HI/c1-5-24-23(25-15-18-7-6-8-19(13-18)22-26-16-27-28-22)29(2)12-11-17-9-10-20(30-3)21(14-17)31-4;/h6-10,13-14,16H,5,11-12,15H2,1-4H3,(H,24,25)(H,26,27,28);1H. The average Bonchev–Trinajstić information content (AvgIpc) is 3.35. The van der Waals surface area contributed by atoms with Crippen LogP contribution in [0.4, 0.5) is 0 Å². The summed E-state index contributed by atoms with van der Waals surface area (Å²) in [5.74, 6) is 3.11. The van der Waals surface area contributed by atoms with Crippen LogP contribution in [0.3, 0.4) is 0 Å². The molecule has 3 rings (SSSR count). The van der Waals surface area contributed by atoms with Gasteiger partial charge in [-0.15, -0.1) is 24.0 Å². The summed E-state index contributed by atoms with van der Waals surface area (Å²) in [5.41, 5.74) is 3.29. The maximum atomic E-state index is 5.41. The highest BCUT2D eigenvalue weighted by atomic mass is 127. The van der Waals surface area contributed by atoms with E-state index in [1.165, 1.54) is 11.9 Å². The number of halogens is 1. The molecule has 0 radical (unpaired) electrons. The van der Waals surface area contributed by atoms with Gasteiger partial charge in [-0.05, 0) is 42.7 Å². The summed E-state index contributed by atoms with van der Waals surface area (Å²) in [5, 5.41) is 10.2. The van der Waals surface area contributed by atoms with Crippen molar-refractivity contribution >= 4 is 29.9 Å². The van der Waals surface area contributed by atoms with Crippen LogP contribution in [-0.4, -0.2) is 60.4 Å². The van der Waals surface area contributed by atoms with Gasteiger partial charge in [-0.1, -0.05) is 24.3 Å². The Morgan fingerprint density at radius 2 is 1.91 bits per heavy atom. The molecule has 3 aromatic rings. The van der Waals surface area contributed by atoms with Crippen molar-refractivity contribution in [2.45, 2.75) is 19.9 Å². The Bertz CT molecular complexity index is 994. The van der Waals surface area contributed by atoms with Gasteiger partial charge in [0.2, 0.25) is 0 Å². The van der Waals surface area contributed by atoms with E-state index >= 15 is 0 Å². The van der Waals surface area contributed by atoms with Crippen molar-refractivity contribution in [2.75, 3.05) is 34.4 Å². The number of guanidine groups is 1. The predicted octanol–water partition coefficient (Wildman–Crippen LogP) is 3.75. The second-order valence-corrected chi connectivity index (χ2v) is 7.07. The van der Waals surface area contributed by atoms with Crippen molar-refractivity contribution in [2.24, 2.45) is 4.99 Å². The first kappa shape index (κ1) is 25.4. The normalized spacial score (nSPS) is 10.9. The minimum Gasteiger partial charge on any atom is -0.493 e. The SMILES string of the molecule is CCNC(=NCc1cccc(-c2ncn[nH]2)c1)N(C)CCc1ccc(OC)c(OC)c1.I. The van der Waals surface area contributed by atoms with E-state index in [2.05, 4.69) is 50.5 Å². The summed E-state index contributed by atoms with van der Waals surface area (Å²) in [4.78, 5) is 11.2. The Hall–Kier alpha value is -2.82. The van der Waals surface area contributed by atoms with E-state index in [-0.39, 0.29) is 24.0 Å². The molecular weight excluding hydrogens is 519 g/mol. The molecule has 2 N–H and O–H groups in total. The molecule has 9 heteroatoms. The number of nitrogens with one attached hydrogen (secondary N) is 2. The van der Waals surface area contributed by atoms with Gasteiger partial charge in [-0.3, -0.25) is 5.10 Å². The number of aromatic nitrogens is 3. The summed E-state index contributed by atoms with van der Waals surface area (Å²) >= 11 is 0. The van der Waals surface area contributed by atoms with Gasteiger partial charge < -0.3 is 19.7 Å². The van der Waals surface area contributed by atoms with Crippen LogP contribution in [0, 0.1) is 0 Å². The lowest BCUT2D eigenvalue weighted by Crippen LogP contribution is -2.39. The van der Waals surface area contributed by atoms with Crippen LogP contribution in [0.15, 0.2) is 53.8 Å². The summed E-state index contributed by atoms with van der Waals surface area (Å²) in [7, 11) is 5.35. The molecule has 8 nitrogen and oxygen atoms in total. The number of likely N-dealkylation sites (N-methyl/N-ethyl adjacent to an activating group) is 1. The van der Waals surface area contributed by atoms with Crippen LogP contribution >= 0.6 is 24.0 Å². The van der Waals surface area contributed by atoms with E-state index in [0.29, 0.717) is 6.54 Å². The molecule has 0 unspecified atom stereocenters. The molecule has 0 aliphatic carbocycles. The number of H-pyrrole nitrogens is 1. The summed E-state index contributed by atoms with van der Waals surface area (Å²) in [6, 6.07) is 14.2. The lowest BCUT2D eigenvalue weighted by molar-refractivity contribution is 0.354. The third kappa shape index (κ3) is 6.84. The highest BCUT2D eigenvalue weighted by Gasteiger charge is 2.09. The van der Waals surface area contributed by atoms with Crippen molar-refractivity contribution in [3.05, 3.63) is 59.9 Å². The molecule has 32 heavy (non-hydrogen) atoms. The predicted molar refractivity (Wildman–Crippen MR) is 138 cm³/mol. The van der Waals surface area contributed by atoms with Crippen molar-refractivity contribution in [1.82, 2.24) is 25.4 Å². The van der Waals surface area contributed by atoms with E-state index < -0.39 is 0 Å². The Balaban J connectivity index is 0.00000363. The number of ether oxygens (including phenoxy) is 2. The van der Waals surface area contributed by atoms with Crippen molar-refractivity contribution in [1.29, 1.82) is 0 Å². The van der Waals surface area contributed by atoms with E-state index in [1.54, 1.807) is 14.2 Å². The highest BCUT2D eigenvalue weighted by Crippen LogP contribution is 2.27. The molecule has 0 aliphatic rings. The Morgan fingerprint density at radius 3 is 2.59 bits per heavy atom. The number of nitrogens with zero attached hydrogens (tertiary/aromatic N) is 4. The van der Waals surface area contributed by atoms with Crippen LogP contribution in [0.1, 0.15) is 18.1 Å². The average molecular weight is 550 g/mol. The van der Waals surface area contributed by atoms with Gasteiger partial charge in [0.15, 0.2) is 23.3 Å². The molecule has 2 aromatic carbocycles. The molecule has 0 atom stereocenters. The van der Waals surface area contributed by atoms with Gasteiger partial charge in [0.25, 0.3) is 0 Å². The third-order valence-corrected chi connectivity index (χ3v) is 4.91. The number of benzene rings is 2. The van der Waals surface area contributed by atoms with Gasteiger partial charge >= 0.3 is 0 Å². The maximum absolute atomic E-state index is 5.41. The summed E-state index contributed by atoms with van der Waals surface area (Å²) in [6.07, 6.45) is 2.37. The maximum Gasteiger partial charge on any atom is 0.193 e. The number of aromatic amines is 1. The van der Waals surface area contributed by atoms with Crippen LogP contribution < -0.4 is 14.8 Å². The first-order chi connectivity index (χ1) is 15.1. The van der Waals surface area contributed by atoms with E-state index in [0.717, 1.165) is 53.9 Å². The van der Waals surface area contributed by atoms with E-state index in [1.807, 2.05) is 31.3 Å². The van der Waals surface area contributed by atoms with Gasteiger partial charge in [-0.25, -0.2) is 9.98 Å². The van der Waals surface area contributed by atoms with Crippen molar-refractivity contribution in [3.63, 3.8) is 0 Å². The molecule has 1 aromatic heterocycles. The minimum atomic E-state index is 0. The largest absolute Gasteiger partial charge is 0.493 e. The fourth-order valence-electron chi connectivity index (χ4n) is 3.24. The second-order valence-electron chi connectivity index (χ2n) is 7.07. The fourth-order valence-corrected chi connectivity index (χ4v) is 3.24. The Kier molecular flexibility index (Phi) is 10.3. The molecule has 172 valence electrons. The quantitative estimate of drug-likeness (QED) is 0.240. The van der Waals surface area contributed by atoms with Gasteiger partial charge in [0.1, 0.15) is 6.33 Å². The molecule has 0 spiro atoms. The van der Waals surface area contributed by atoms with Crippen LogP contribution in [-0.2, 0) is 13.0 Å². The zero-order valence-electron chi connectivity index (χ0n) is 19.0. The topological polar surface area (TPSA) is 87.7 Å². The highest BCUT2D eigenvalue weighted by molar-refractivity contribution is 14.0. The molecule has 0 saturated carbocycles. The number of hydrogen-bond acceptors (Lipinski definition) is 5. The molecular formula is C23H31IN6O2. The lowest BCUT2D eigenvalue weighted by atomic mass is 10.1. The van der Waals surface area contributed by atoms with E-state index in [4.69, 9.17) is 14.5 Å². The molecule has 0 bridgehead atoms. The smallest absolute Gasteiger partial charge is 0.193 e. The summed E-state index contributed by atoms with van der Waals surface area (Å²) in [6.45, 7) is 4.27. The Labute approximate surface area is 206 Å². The van der Waals surface area contributed by atoms with Crippen molar-refractivity contribution < 1.29 is 9.47 Å². The van der Waals surface area contributed by atoms with Crippen LogP contribution in [0.5, 0.6) is 11.5 Å². The zero-order chi connectivity index (χ0) is 22.1. The minimum absolute atomic E-state index is 0. The molecule has 0 aliphatic heterocycles. The number of aliphatic imine (C=N–C) groups is 1. The van der Waals surface area contributed by atoms with Gasteiger partial charge in [0, 0.05) is 25.7 Å². The Morgan fingerprint density at radius 1 is 1.09 bits per heavy atom. The number of hydrogen-bond donors (Lipinski definition) is 2.